The molecule has 0 aliphatic carbocycles. The highest BCUT2D eigenvalue weighted by molar-refractivity contribution is 5.91. The van der Waals surface area contributed by atoms with Crippen molar-refractivity contribution in [2.75, 3.05) is 18.9 Å². The zero-order valence-corrected chi connectivity index (χ0v) is 14.3. The molecule has 8 nitrogen and oxygen atoms in total. The number of aromatic nitrogens is 3. The first kappa shape index (κ1) is 16.8. The number of benzene rings is 1. The second-order valence-corrected chi connectivity index (χ2v) is 5.95. The van der Waals surface area contributed by atoms with Crippen LogP contribution in [0, 0.1) is 6.92 Å². The van der Waals surface area contributed by atoms with Gasteiger partial charge in [0.05, 0.1) is 17.6 Å². The number of carbonyl (C=O) groups excluding carboxylic acids is 1. The summed E-state index contributed by atoms with van der Waals surface area (Å²) in [6.07, 6.45) is 0. The number of aryl methyl sites for hydroxylation is 2. The number of nitrogens with zero attached hydrogens (tertiary/aromatic N) is 4. The van der Waals surface area contributed by atoms with Crippen molar-refractivity contribution in [2.45, 2.75) is 13.5 Å². The molecule has 0 saturated heterocycles. The van der Waals surface area contributed by atoms with E-state index in [-0.39, 0.29) is 24.6 Å². The number of hydrogen-bond donors (Lipinski definition) is 1. The molecule has 3 aromatic rings. The molecule has 0 bridgehead atoms. The Labute approximate surface area is 144 Å². The topological polar surface area (TPSA) is 93.3 Å². The molecule has 2 heterocycles. The normalized spacial score (nSPS) is 11.2. The molecule has 1 N–H and O–H groups in total. The van der Waals surface area contributed by atoms with E-state index >= 15 is 0 Å². The summed E-state index contributed by atoms with van der Waals surface area (Å²) in [6, 6.07) is 9.09. The quantitative estimate of drug-likeness (QED) is 0.752. The van der Waals surface area contributed by atoms with E-state index in [1.807, 2.05) is 24.3 Å². The predicted molar refractivity (Wildman–Crippen MR) is 93.2 cm³/mol. The first-order valence-electron chi connectivity index (χ1n) is 7.80. The van der Waals surface area contributed by atoms with Crippen molar-refractivity contribution in [2.24, 2.45) is 7.05 Å². The zero-order chi connectivity index (χ0) is 18.0. The molecule has 0 unspecified atom stereocenters. The predicted octanol–water partition coefficient (Wildman–Crippen LogP) is 1.30. The molecule has 0 spiro atoms. The van der Waals surface area contributed by atoms with Gasteiger partial charge in [-0.3, -0.25) is 14.5 Å². The van der Waals surface area contributed by atoms with Gasteiger partial charge in [0.2, 0.25) is 5.91 Å². The monoisotopic (exact) mass is 341 g/mol. The number of para-hydroxylation sites is 2. The van der Waals surface area contributed by atoms with E-state index in [2.05, 4.69) is 15.5 Å². The molecule has 3 rings (SSSR count). The first-order chi connectivity index (χ1) is 11.9. The minimum atomic E-state index is -0.242. The van der Waals surface area contributed by atoms with Crippen molar-refractivity contribution < 1.29 is 9.32 Å². The lowest BCUT2D eigenvalue weighted by atomic mass is 10.2. The summed E-state index contributed by atoms with van der Waals surface area (Å²) in [4.78, 5) is 30.7. The van der Waals surface area contributed by atoms with Gasteiger partial charge in [-0.1, -0.05) is 17.3 Å². The molecule has 0 saturated carbocycles. The first-order valence-corrected chi connectivity index (χ1v) is 7.80. The number of amides is 1. The van der Waals surface area contributed by atoms with Crippen molar-refractivity contribution in [3.05, 3.63) is 52.1 Å². The standard InChI is InChI=1S/C17H19N5O3/c1-11-8-15(20-25-11)19-16(23)10-21(2)9-13-17(24)22(3)14-7-5-4-6-12(14)18-13/h4-8H,9-10H2,1-3H3,(H,19,20,23). The van der Waals surface area contributed by atoms with E-state index < -0.39 is 0 Å². The van der Waals surface area contributed by atoms with Crippen LogP contribution in [0.4, 0.5) is 5.82 Å². The average Bonchev–Trinajstić information content (AvgIpc) is 2.97. The van der Waals surface area contributed by atoms with Gasteiger partial charge in [0, 0.05) is 19.7 Å². The maximum atomic E-state index is 12.4. The van der Waals surface area contributed by atoms with Crippen LogP contribution in [0.1, 0.15) is 11.5 Å². The number of anilines is 1. The smallest absolute Gasteiger partial charge is 0.273 e. The molecular weight excluding hydrogens is 322 g/mol. The average molecular weight is 341 g/mol. The van der Waals surface area contributed by atoms with Crippen LogP contribution >= 0.6 is 0 Å². The number of nitrogens with one attached hydrogen (secondary N) is 1. The van der Waals surface area contributed by atoms with E-state index in [1.54, 1.807) is 36.6 Å². The zero-order valence-electron chi connectivity index (χ0n) is 14.3. The van der Waals surface area contributed by atoms with Gasteiger partial charge in [0.1, 0.15) is 11.5 Å². The van der Waals surface area contributed by atoms with Gasteiger partial charge in [0.15, 0.2) is 5.82 Å². The summed E-state index contributed by atoms with van der Waals surface area (Å²) in [6.45, 7) is 2.11. The van der Waals surface area contributed by atoms with E-state index in [9.17, 15) is 9.59 Å². The highest BCUT2D eigenvalue weighted by atomic mass is 16.5. The number of fused-ring (bicyclic) bond motifs is 1. The van der Waals surface area contributed by atoms with Crippen molar-refractivity contribution in [3.63, 3.8) is 0 Å². The minimum absolute atomic E-state index is 0.101. The van der Waals surface area contributed by atoms with E-state index in [0.717, 1.165) is 11.0 Å². The second kappa shape index (κ2) is 6.86. The Balaban J connectivity index is 1.71. The van der Waals surface area contributed by atoms with Gasteiger partial charge in [0.25, 0.3) is 5.56 Å². The molecule has 130 valence electrons. The fraction of sp³-hybridized carbons (Fsp3) is 0.294. The molecule has 0 fully saturated rings. The maximum Gasteiger partial charge on any atom is 0.273 e. The Morgan fingerprint density at radius 1 is 1.36 bits per heavy atom. The second-order valence-electron chi connectivity index (χ2n) is 5.95. The van der Waals surface area contributed by atoms with Gasteiger partial charge in [-0.25, -0.2) is 4.98 Å². The number of likely N-dealkylation sites (N-methyl/N-ethyl adjacent to an activating group) is 1. The van der Waals surface area contributed by atoms with Gasteiger partial charge < -0.3 is 14.4 Å². The number of rotatable bonds is 5. The fourth-order valence-corrected chi connectivity index (χ4v) is 2.61. The molecular formula is C17H19N5O3. The van der Waals surface area contributed by atoms with Crippen molar-refractivity contribution in [1.82, 2.24) is 19.6 Å². The fourth-order valence-electron chi connectivity index (χ4n) is 2.61. The molecule has 8 heteroatoms. The third-order valence-electron chi connectivity index (χ3n) is 3.78. The summed E-state index contributed by atoms with van der Waals surface area (Å²) in [5, 5.41) is 6.36. The Hall–Kier alpha value is -3.00. The van der Waals surface area contributed by atoms with E-state index in [0.29, 0.717) is 17.3 Å². The van der Waals surface area contributed by atoms with Crippen LogP contribution in [0.25, 0.3) is 11.0 Å². The van der Waals surface area contributed by atoms with Crippen molar-refractivity contribution >= 4 is 22.8 Å². The lowest BCUT2D eigenvalue weighted by molar-refractivity contribution is -0.117. The Kier molecular flexibility index (Phi) is 4.62. The minimum Gasteiger partial charge on any atom is -0.360 e. The third-order valence-corrected chi connectivity index (χ3v) is 3.78. The molecule has 0 radical (unpaired) electrons. The molecule has 0 atom stereocenters. The van der Waals surface area contributed by atoms with Crippen LogP contribution in [0.3, 0.4) is 0 Å². The van der Waals surface area contributed by atoms with Crippen LogP contribution < -0.4 is 10.9 Å². The summed E-state index contributed by atoms with van der Waals surface area (Å²) in [5.41, 5.74) is 1.75. The number of carbonyl (C=O) groups is 1. The molecule has 2 aromatic heterocycles. The Bertz CT molecular complexity index is 976. The lowest BCUT2D eigenvalue weighted by Gasteiger charge is -2.16. The Morgan fingerprint density at radius 2 is 2.12 bits per heavy atom. The largest absolute Gasteiger partial charge is 0.360 e. The molecule has 0 aliphatic heterocycles. The highest BCUT2D eigenvalue weighted by Gasteiger charge is 2.14. The molecule has 0 aliphatic rings. The van der Waals surface area contributed by atoms with Gasteiger partial charge in [-0.2, -0.15) is 0 Å². The van der Waals surface area contributed by atoms with Crippen LogP contribution in [-0.4, -0.2) is 39.1 Å². The van der Waals surface area contributed by atoms with Crippen LogP contribution in [0.15, 0.2) is 39.6 Å². The third kappa shape index (κ3) is 3.74. The highest BCUT2D eigenvalue weighted by Crippen LogP contribution is 2.10. The molecule has 1 amide bonds. The summed E-state index contributed by atoms with van der Waals surface area (Å²) in [7, 11) is 3.47. The van der Waals surface area contributed by atoms with E-state index in [1.165, 1.54) is 0 Å². The summed E-state index contributed by atoms with van der Waals surface area (Å²) in [5.74, 6) is 0.747. The van der Waals surface area contributed by atoms with Crippen LogP contribution in [-0.2, 0) is 18.4 Å². The van der Waals surface area contributed by atoms with Gasteiger partial charge in [-0.05, 0) is 26.1 Å². The Morgan fingerprint density at radius 3 is 2.84 bits per heavy atom. The molecule has 1 aromatic carbocycles. The number of hydrogen-bond acceptors (Lipinski definition) is 6. The van der Waals surface area contributed by atoms with Gasteiger partial charge in [-0.15, -0.1) is 0 Å². The van der Waals surface area contributed by atoms with E-state index in [4.69, 9.17) is 4.52 Å². The van der Waals surface area contributed by atoms with Crippen molar-refractivity contribution in [3.8, 4) is 0 Å². The lowest BCUT2D eigenvalue weighted by Crippen LogP contribution is -2.33. The summed E-state index contributed by atoms with van der Waals surface area (Å²) >= 11 is 0. The molecule has 25 heavy (non-hydrogen) atoms. The van der Waals surface area contributed by atoms with Gasteiger partial charge >= 0.3 is 0 Å². The SMILES string of the molecule is Cc1cc(NC(=O)CN(C)Cc2nc3ccccc3n(C)c2=O)no1. The van der Waals surface area contributed by atoms with Crippen LogP contribution in [0.5, 0.6) is 0 Å². The van der Waals surface area contributed by atoms with Crippen molar-refractivity contribution in [1.29, 1.82) is 0 Å². The summed E-state index contributed by atoms with van der Waals surface area (Å²) < 4.78 is 6.48. The van der Waals surface area contributed by atoms with Crippen LogP contribution in [0.2, 0.25) is 0 Å². The maximum absolute atomic E-state index is 12.4.